The second-order valence-corrected chi connectivity index (χ2v) is 6.09. The van der Waals surface area contributed by atoms with E-state index in [0.29, 0.717) is 5.82 Å². The zero-order valence-corrected chi connectivity index (χ0v) is 13.5. The summed E-state index contributed by atoms with van der Waals surface area (Å²) in [6.45, 7) is 2.03. The van der Waals surface area contributed by atoms with Crippen molar-refractivity contribution in [2.24, 2.45) is 0 Å². The van der Waals surface area contributed by atoms with E-state index in [4.69, 9.17) is 4.52 Å². The van der Waals surface area contributed by atoms with Crippen LogP contribution in [0.15, 0.2) is 59.3 Å². The summed E-state index contributed by atoms with van der Waals surface area (Å²) in [5.74, 6) is 1.40. The SMILES string of the molecule is c1ccc(-c2noc([C@@H]3CCCN3CCc3ccccn3)n2)cc1. The zero-order valence-electron chi connectivity index (χ0n) is 13.5. The van der Waals surface area contributed by atoms with Crippen molar-refractivity contribution in [1.82, 2.24) is 20.0 Å². The molecule has 0 aliphatic carbocycles. The highest BCUT2D eigenvalue weighted by atomic mass is 16.5. The van der Waals surface area contributed by atoms with Crippen LogP contribution in [-0.2, 0) is 6.42 Å². The number of benzene rings is 1. The smallest absolute Gasteiger partial charge is 0.244 e. The first-order chi connectivity index (χ1) is 11.9. The summed E-state index contributed by atoms with van der Waals surface area (Å²) in [6.07, 6.45) is 5.02. The lowest BCUT2D eigenvalue weighted by Gasteiger charge is -2.21. The van der Waals surface area contributed by atoms with Gasteiger partial charge in [0.05, 0.1) is 6.04 Å². The van der Waals surface area contributed by atoms with Crippen molar-refractivity contribution in [3.63, 3.8) is 0 Å². The molecule has 3 heterocycles. The fourth-order valence-electron chi connectivity index (χ4n) is 3.25. The van der Waals surface area contributed by atoms with Crippen molar-refractivity contribution in [1.29, 1.82) is 0 Å². The average molecular weight is 320 g/mol. The van der Waals surface area contributed by atoms with Crippen LogP contribution in [-0.4, -0.2) is 33.1 Å². The molecule has 0 spiro atoms. The second kappa shape index (κ2) is 6.93. The molecule has 122 valence electrons. The Balaban J connectivity index is 1.46. The molecule has 0 radical (unpaired) electrons. The van der Waals surface area contributed by atoms with Crippen LogP contribution < -0.4 is 0 Å². The lowest BCUT2D eigenvalue weighted by molar-refractivity contribution is 0.210. The van der Waals surface area contributed by atoms with Gasteiger partial charge in [-0.1, -0.05) is 41.6 Å². The van der Waals surface area contributed by atoms with E-state index in [1.807, 2.05) is 48.7 Å². The van der Waals surface area contributed by atoms with Crippen molar-refractivity contribution in [3.8, 4) is 11.4 Å². The summed E-state index contributed by atoms with van der Waals surface area (Å²) in [4.78, 5) is 11.5. The van der Waals surface area contributed by atoms with Gasteiger partial charge < -0.3 is 4.52 Å². The van der Waals surface area contributed by atoms with Crippen LogP contribution in [0.25, 0.3) is 11.4 Å². The van der Waals surface area contributed by atoms with Gasteiger partial charge in [0.1, 0.15) is 0 Å². The largest absolute Gasteiger partial charge is 0.337 e. The number of rotatable bonds is 5. The first-order valence-electron chi connectivity index (χ1n) is 8.43. The van der Waals surface area contributed by atoms with Crippen LogP contribution in [0.2, 0.25) is 0 Å². The minimum Gasteiger partial charge on any atom is -0.337 e. The molecule has 24 heavy (non-hydrogen) atoms. The van der Waals surface area contributed by atoms with Crippen LogP contribution in [0.3, 0.4) is 0 Å². The molecule has 0 unspecified atom stereocenters. The van der Waals surface area contributed by atoms with Crippen molar-refractivity contribution >= 4 is 0 Å². The molecule has 1 aromatic carbocycles. The molecule has 1 fully saturated rings. The number of nitrogens with zero attached hydrogens (tertiary/aromatic N) is 4. The molecule has 3 aromatic rings. The highest BCUT2D eigenvalue weighted by molar-refractivity contribution is 5.53. The molecule has 0 amide bonds. The number of hydrogen-bond acceptors (Lipinski definition) is 5. The Hall–Kier alpha value is -2.53. The maximum Gasteiger partial charge on any atom is 0.244 e. The van der Waals surface area contributed by atoms with Gasteiger partial charge >= 0.3 is 0 Å². The minimum atomic E-state index is 0.221. The zero-order chi connectivity index (χ0) is 16.2. The van der Waals surface area contributed by atoms with Crippen LogP contribution in [0, 0.1) is 0 Å². The van der Waals surface area contributed by atoms with Crippen LogP contribution in [0.4, 0.5) is 0 Å². The Morgan fingerprint density at radius 3 is 2.79 bits per heavy atom. The minimum absolute atomic E-state index is 0.221. The highest BCUT2D eigenvalue weighted by Crippen LogP contribution is 2.31. The van der Waals surface area contributed by atoms with E-state index in [2.05, 4.69) is 26.1 Å². The Labute approximate surface area is 141 Å². The molecule has 5 heteroatoms. The molecule has 1 aliphatic heterocycles. The maximum atomic E-state index is 5.57. The number of pyridine rings is 1. The van der Waals surface area contributed by atoms with Gasteiger partial charge in [0.25, 0.3) is 0 Å². The van der Waals surface area contributed by atoms with Gasteiger partial charge in [-0.25, -0.2) is 0 Å². The summed E-state index contributed by atoms with van der Waals surface area (Å²) in [5.41, 5.74) is 2.11. The molecule has 1 aliphatic rings. The van der Waals surface area contributed by atoms with Gasteiger partial charge in [-0.15, -0.1) is 0 Å². The van der Waals surface area contributed by atoms with Gasteiger partial charge in [-0.05, 0) is 31.5 Å². The molecule has 1 atom stereocenters. The first kappa shape index (κ1) is 15.0. The van der Waals surface area contributed by atoms with E-state index in [-0.39, 0.29) is 6.04 Å². The van der Waals surface area contributed by atoms with Crippen molar-refractivity contribution < 1.29 is 4.52 Å². The third kappa shape index (κ3) is 3.21. The van der Waals surface area contributed by atoms with Gasteiger partial charge in [0.15, 0.2) is 0 Å². The van der Waals surface area contributed by atoms with E-state index in [1.54, 1.807) is 0 Å². The third-order valence-electron chi connectivity index (χ3n) is 4.50. The van der Waals surface area contributed by atoms with E-state index in [1.165, 1.54) is 0 Å². The van der Waals surface area contributed by atoms with E-state index < -0.39 is 0 Å². The fourth-order valence-corrected chi connectivity index (χ4v) is 3.25. The lowest BCUT2D eigenvalue weighted by Crippen LogP contribution is -2.26. The highest BCUT2D eigenvalue weighted by Gasteiger charge is 2.30. The summed E-state index contributed by atoms with van der Waals surface area (Å²) in [6, 6.07) is 16.2. The molecule has 0 saturated carbocycles. The quantitative estimate of drug-likeness (QED) is 0.720. The molecule has 0 bridgehead atoms. The monoisotopic (exact) mass is 320 g/mol. The summed E-state index contributed by atoms with van der Waals surface area (Å²) in [5, 5.41) is 4.16. The second-order valence-electron chi connectivity index (χ2n) is 6.09. The molecule has 0 N–H and O–H groups in total. The molecular formula is C19H20N4O. The molecule has 2 aromatic heterocycles. The average Bonchev–Trinajstić information content (AvgIpc) is 3.31. The first-order valence-corrected chi connectivity index (χ1v) is 8.43. The van der Waals surface area contributed by atoms with Crippen molar-refractivity contribution in [2.45, 2.75) is 25.3 Å². The van der Waals surface area contributed by atoms with Crippen molar-refractivity contribution in [3.05, 3.63) is 66.3 Å². The Morgan fingerprint density at radius 2 is 1.96 bits per heavy atom. The van der Waals surface area contributed by atoms with Gasteiger partial charge in [0, 0.05) is 30.4 Å². The Kier molecular flexibility index (Phi) is 4.34. The fraction of sp³-hybridized carbons (Fsp3) is 0.316. The number of hydrogen-bond donors (Lipinski definition) is 0. The summed E-state index contributed by atoms with van der Waals surface area (Å²) in [7, 11) is 0. The number of likely N-dealkylation sites (tertiary alicyclic amines) is 1. The van der Waals surface area contributed by atoms with E-state index in [0.717, 1.165) is 49.5 Å². The van der Waals surface area contributed by atoms with Crippen LogP contribution in [0.1, 0.15) is 30.5 Å². The summed E-state index contributed by atoms with van der Waals surface area (Å²) >= 11 is 0. The molecular weight excluding hydrogens is 300 g/mol. The number of aromatic nitrogens is 3. The summed E-state index contributed by atoms with van der Waals surface area (Å²) < 4.78 is 5.57. The predicted molar refractivity (Wildman–Crippen MR) is 91.2 cm³/mol. The van der Waals surface area contributed by atoms with Gasteiger partial charge in [0.2, 0.25) is 11.7 Å². The molecule has 4 rings (SSSR count). The standard InChI is InChI=1S/C19H20N4O/c1-2-7-15(8-3-1)18-21-19(24-22-18)17-10-6-13-23(17)14-11-16-9-4-5-12-20-16/h1-5,7-9,12,17H,6,10-11,13-14H2/t17-/m0/s1. The van der Waals surface area contributed by atoms with E-state index in [9.17, 15) is 0 Å². The normalized spacial score (nSPS) is 18.1. The third-order valence-corrected chi connectivity index (χ3v) is 4.50. The van der Waals surface area contributed by atoms with Crippen molar-refractivity contribution in [2.75, 3.05) is 13.1 Å². The predicted octanol–water partition coefficient (Wildman–Crippen LogP) is 3.51. The van der Waals surface area contributed by atoms with E-state index >= 15 is 0 Å². The van der Waals surface area contributed by atoms with Crippen LogP contribution >= 0.6 is 0 Å². The molecule has 5 nitrogen and oxygen atoms in total. The maximum absolute atomic E-state index is 5.57. The van der Waals surface area contributed by atoms with Crippen LogP contribution in [0.5, 0.6) is 0 Å². The Morgan fingerprint density at radius 1 is 1.08 bits per heavy atom. The topological polar surface area (TPSA) is 55.1 Å². The Bertz CT molecular complexity index is 772. The van der Waals surface area contributed by atoms with Gasteiger partial charge in [-0.2, -0.15) is 4.98 Å². The lowest BCUT2D eigenvalue weighted by atomic mass is 10.2. The molecule has 1 saturated heterocycles. The van der Waals surface area contributed by atoms with Gasteiger partial charge in [-0.3, -0.25) is 9.88 Å².